The zero-order valence-corrected chi connectivity index (χ0v) is 30.7. The summed E-state index contributed by atoms with van der Waals surface area (Å²) in [5.74, 6) is -0.448. The van der Waals surface area contributed by atoms with Crippen LogP contribution < -0.4 is 20.1 Å². The lowest BCUT2D eigenvalue weighted by atomic mass is 9.83. The number of hydrogen-bond donors (Lipinski definition) is 3. The lowest BCUT2D eigenvalue weighted by Crippen LogP contribution is -2.57. The molecule has 4 aliphatic rings. The molecule has 0 spiro atoms. The Hall–Kier alpha value is -3.67. The van der Waals surface area contributed by atoms with Crippen LogP contribution in [0.2, 0.25) is 0 Å². The SMILES string of the molecule is C=CC1CC1(NC(=O)[C@@H]1C[C@@H]2CN1C(=O)[C@H](C1CCCCC1)NC(=O)OC[C@H](C)CCCc1cc3c(nccc3cc1OC)O2)P(=O)(O)OCC. The van der Waals surface area contributed by atoms with Gasteiger partial charge >= 0.3 is 13.7 Å². The van der Waals surface area contributed by atoms with Crippen molar-refractivity contribution in [3.8, 4) is 11.6 Å². The number of benzene rings is 1. The second kappa shape index (κ2) is 15.5. The first-order valence-corrected chi connectivity index (χ1v) is 19.9. The molecular weight excluding hydrogens is 675 g/mol. The molecule has 0 radical (unpaired) electrons. The standard InChI is InChI=1S/C37H51N4O9P/c1-5-27-20-37(27,51(45,46)49-6-2)40-33(42)30-19-28-21-41(30)35(43)32(24-12-8-7-9-13-24)39-36(44)48-22-23(3)11-10-14-26-17-29-25(18-31(26)47-4)15-16-38-34(29)50-28/h5,15-18,23-24,27-28,30,32H,1,6-14,19-22H2,2-4H3,(H,39,44)(H,40,42)(H,45,46)/t23-,27?,28-,30+,32+,37?/m1/s1. The van der Waals surface area contributed by atoms with Crippen LogP contribution in [0.5, 0.6) is 11.6 Å². The summed E-state index contributed by atoms with van der Waals surface area (Å²) in [6.07, 6.45) is 8.89. The van der Waals surface area contributed by atoms with Gasteiger partial charge in [-0.2, -0.15) is 0 Å². The van der Waals surface area contributed by atoms with Crippen molar-refractivity contribution in [2.24, 2.45) is 17.8 Å². The molecule has 13 nitrogen and oxygen atoms in total. The van der Waals surface area contributed by atoms with E-state index in [1.807, 2.05) is 25.1 Å². The quantitative estimate of drug-likeness (QED) is 0.234. The fraction of sp³-hybridized carbons (Fsp3) is 0.622. The van der Waals surface area contributed by atoms with Crippen molar-refractivity contribution >= 4 is 36.3 Å². The number of nitrogens with zero attached hydrogens (tertiary/aromatic N) is 2. The van der Waals surface area contributed by atoms with Gasteiger partial charge in [0.15, 0.2) is 0 Å². The van der Waals surface area contributed by atoms with Gasteiger partial charge in [0.25, 0.3) is 0 Å². The average Bonchev–Trinajstić information content (AvgIpc) is 3.69. The number of rotatable bonds is 8. The molecule has 3 amide bonds. The summed E-state index contributed by atoms with van der Waals surface area (Å²) < 4.78 is 36.6. The minimum absolute atomic E-state index is 0.0194. The molecular formula is C37H51N4O9P. The Morgan fingerprint density at radius 3 is 2.73 bits per heavy atom. The van der Waals surface area contributed by atoms with Crippen molar-refractivity contribution < 1.29 is 42.6 Å². The van der Waals surface area contributed by atoms with Gasteiger partial charge in [-0.1, -0.05) is 32.3 Å². The van der Waals surface area contributed by atoms with E-state index in [0.717, 1.165) is 73.5 Å². The lowest BCUT2D eigenvalue weighted by molar-refractivity contribution is -0.141. The number of carbonyl (C=O) groups excluding carboxylic acids is 3. The van der Waals surface area contributed by atoms with Crippen LogP contribution in [0.25, 0.3) is 10.8 Å². The molecule has 2 aromatic rings. The molecule has 2 aliphatic heterocycles. The maximum absolute atomic E-state index is 14.7. The third-order valence-electron chi connectivity index (χ3n) is 11.0. The number of nitrogens with one attached hydrogen (secondary N) is 2. The average molecular weight is 727 g/mol. The summed E-state index contributed by atoms with van der Waals surface area (Å²) in [6.45, 7) is 7.63. The topological polar surface area (TPSA) is 166 Å². The Morgan fingerprint density at radius 2 is 2.02 bits per heavy atom. The van der Waals surface area contributed by atoms with Gasteiger partial charge in [0.2, 0.25) is 17.7 Å². The predicted molar refractivity (Wildman–Crippen MR) is 190 cm³/mol. The highest BCUT2D eigenvalue weighted by molar-refractivity contribution is 7.55. The molecule has 3 fully saturated rings. The molecule has 1 saturated heterocycles. The van der Waals surface area contributed by atoms with E-state index >= 15 is 0 Å². The second-order valence-electron chi connectivity index (χ2n) is 14.5. The Balaban J connectivity index is 1.38. The number of aryl methyl sites for hydroxylation is 1. The molecule has 14 heteroatoms. The van der Waals surface area contributed by atoms with Gasteiger partial charge in [0.05, 0.1) is 26.9 Å². The van der Waals surface area contributed by atoms with E-state index in [9.17, 15) is 23.8 Å². The number of amides is 3. The summed E-state index contributed by atoms with van der Waals surface area (Å²) >= 11 is 0. The number of cyclic esters (lactones) is 1. The number of fused-ring (bicyclic) bond motifs is 3. The largest absolute Gasteiger partial charge is 0.496 e. The van der Waals surface area contributed by atoms with Crippen LogP contribution in [0.15, 0.2) is 37.1 Å². The van der Waals surface area contributed by atoms with Crippen LogP contribution in [0.4, 0.5) is 4.79 Å². The predicted octanol–water partition coefficient (Wildman–Crippen LogP) is 5.48. The number of ether oxygens (including phenoxy) is 3. The van der Waals surface area contributed by atoms with E-state index in [1.165, 1.54) is 11.0 Å². The third kappa shape index (κ3) is 7.76. The van der Waals surface area contributed by atoms with Crippen LogP contribution in [0, 0.1) is 17.8 Å². The summed E-state index contributed by atoms with van der Waals surface area (Å²) in [5, 5.41) is 5.82. The number of carbonyl (C=O) groups is 3. The van der Waals surface area contributed by atoms with E-state index in [2.05, 4.69) is 22.2 Å². The maximum Gasteiger partial charge on any atom is 0.407 e. The van der Waals surface area contributed by atoms with Crippen LogP contribution in [0.3, 0.4) is 0 Å². The smallest absolute Gasteiger partial charge is 0.407 e. The fourth-order valence-corrected chi connectivity index (χ4v) is 9.83. The summed E-state index contributed by atoms with van der Waals surface area (Å²) in [4.78, 5) is 59.2. The highest BCUT2D eigenvalue weighted by Gasteiger charge is 2.67. The van der Waals surface area contributed by atoms with E-state index in [4.69, 9.17) is 18.7 Å². The number of alkyl carbamates (subject to hydrolysis) is 1. The molecule has 3 heterocycles. The highest BCUT2D eigenvalue weighted by Crippen LogP contribution is 2.70. The van der Waals surface area contributed by atoms with Crippen LogP contribution >= 0.6 is 7.60 Å². The molecule has 6 rings (SSSR count). The Morgan fingerprint density at radius 1 is 1.24 bits per heavy atom. The normalized spacial score (nSPS) is 30.3. The number of pyridine rings is 1. The first-order valence-electron chi connectivity index (χ1n) is 18.3. The van der Waals surface area contributed by atoms with E-state index in [1.54, 1.807) is 20.2 Å². The van der Waals surface area contributed by atoms with Gasteiger partial charge in [-0.05, 0) is 86.4 Å². The monoisotopic (exact) mass is 726 g/mol. The Labute approximate surface area is 299 Å². The molecule has 3 N–H and O–H groups in total. The number of hydrogen-bond acceptors (Lipinski definition) is 9. The molecule has 278 valence electrons. The van der Waals surface area contributed by atoms with Crippen molar-refractivity contribution in [3.63, 3.8) is 0 Å². The van der Waals surface area contributed by atoms with Crippen LogP contribution in [-0.4, -0.2) is 83.0 Å². The van der Waals surface area contributed by atoms with Gasteiger partial charge in [-0.25, -0.2) is 9.78 Å². The molecule has 2 saturated carbocycles. The second-order valence-corrected chi connectivity index (χ2v) is 16.6. The molecule has 2 aliphatic carbocycles. The number of aromatic nitrogens is 1. The fourth-order valence-electron chi connectivity index (χ4n) is 8.05. The minimum Gasteiger partial charge on any atom is -0.496 e. The van der Waals surface area contributed by atoms with E-state index in [-0.39, 0.29) is 44.4 Å². The molecule has 1 aromatic carbocycles. The molecule has 51 heavy (non-hydrogen) atoms. The van der Waals surface area contributed by atoms with Crippen molar-refractivity contribution in [1.29, 1.82) is 0 Å². The van der Waals surface area contributed by atoms with Gasteiger partial charge < -0.3 is 39.2 Å². The summed E-state index contributed by atoms with van der Waals surface area (Å²) in [6, 6.07) is 3.88. The van der Waals surface area contributed by atoms with Crippen molar-refractivity contribution in [2.45, 2.75) is 102 Å². The molecule has 1 aromatic heterocycles. The van der Waals surface area contributed by atoms with Crippen molar-refractivity contribution in [3.05, 3.63) is 42.6 Å². The van der Waals surface area contributed by atoms with E-state index in [0.29, 0.717) is 5.88 Å². The van der Waals surface area contributed by atoms with Gasteiger partial charge in [0, 0.05) is 23.9 Å². The van der Waals surface area contributed by atoms with E-state index < -0.39 is 54.9 Å². The lowest BCUT2D eigenvalue weighted by Gasteiger charge is -2.35. The van der Waals surface area contributed by atoms with Gasteiger partial charge in [-0.15, -0.1) is 6.58 Å². The number of methoxy groups -OCH3 is 1. The molecule has 4 bridgehead atoms. The third-order valence-corrected chi connectivity index (χ3v) is 13.2. The molecule has 3 unspecified atom stereocenters. The maximum atomic E-state index is 14.7. The first kappa shape index (κ1) is 37.1. The van der Waals surface area contributed by atoms with Gasteiger partial charge in [-0.3, -0.25) is 14.2 Å². The minimum atomic E-state index is -4.31. The van der Waals surface area contributed by atoms with Gasteiger partial charge in [0.1, 0.15) is 29.2 Å². The molecule has 7 atom stereocenters. The Bertz CT molecular complexity index is 1680. The van der Waals surface area contributed by atoms with Crippen LogP contribution in [-0.2, 0) is 29.8 Å². The zero-order valence-electron chi connectivity index (χ0n) is 29.8. The Kier molecular flexibility index (Phi) is 11.3. The first-order chi connectivity index (χ1) is 24.5. The van der Waals surface area contributed by atoms with Crippen LogP contribution in [0.1, 0.15) is 77.2 Å². The highest BCUT2D eigenvalue weighted by atomic mass is 31.2. The van der Waals surface area contributed by atoms with Crippen molar-refractivity contribution in [2.75, 3.05) is 26.9 Å². The van der Waals surface area contributed by atoms with Crippen molar-refractivity contribution in [1.82, 2.24) is 20.5 Å². The zero-order chi connectivity index (χ0) is 36.3. The summed E-state index contributed by atoms with van der Waals surface area (Å²) in [7, 11) is -2.67. The summed E-state index contributed by atoms with van der Waals surface area (Å²) in [5.41, 5.74) is 0.986.